The lowest BCUT2D eigenvalue weighted by molar-refractivity contribution is 0.131. The molecule has 1 aliphatic rings. The van der Waals surface area contributed by atoms with Crippen molar-refractivity contribution in [1.82, 2.24) is 0 Å². The fourth-order valence-corrected chi connectivity index (χ4v) is 0.292. The third kappa shape index (κ3) is 6.54. The Morgan fingerprint density at radius 2 is 1.80 bits per heavy atom. The molecule has 6 nitrogen and oxygen atoms in total. The number of rotatable bonds is 0. The van der Waals surface area contributed by atoms with Crippen molar-refractivity contribution in [2.24, 2.45) is 5.73 Å². The van der Waals surface area contributed by atoms with Gasteiger partial charge in [0.25, 0.3) is 0 Å². The highest BCUT2D eigenvalue weighted by molar-refractivity contribution is 5.61. The van der Waals surface area contributed by atoms with Gasteiger partial charge in [-0.3, -0.25) is 0 Å². The lowest BCUT2D eigenvalue weighted by Crippen LogP contribution is -2.03. The second-order valence-electron chi connectivity index (χ2n) is 1.29. The highest BCUT2D eigenvalue weighted by atomic mass is 16.8. The molecule has 1 amide bonds. The summed E-state index contributed by atoms with van der Waals surface area (Å²) in [5, 5.41) is 7.19. The van der Waals surface area contributed by atoms with Crippen LogP contribution in [0.5, 0.6) is 0 Å². The monoisotopic (exact) mass is 149 g/mol. The largest absolute Gasteiger partial charge is 0.508 e. The Morgan fingerprint density at radius 1 is 1.50 bits per heavy atom. The number of primary amides is 1. The topological polar surface area (TPSA) is 98.9 Å². The Balaban J connectivity index is 0.000000180. The molecule has 0 aliphatic carbocycles. The van der Waals surface area contributed by atoms with E-state index in [0.29, 0.717) is 13.2 Å². The summed E-state index contributed by atoms with van der Waals surface area (Å²) in [5.74, 6) is 0. The average molecular weight is 149 g/mol. The van der Waals surface area contributed by atoms with E-state index in [4.69, 9.17) is 9.90 Å². The van der Waals surface area contributed by atoms with Gasteiger partial charge in [-0.05, 0) is 0 Å². The normalized spacial score (nSPS) is 14.2. The molecule has 1 rings (SSSR count). The molecule has 0 bridgehead atoms. The van der Waals surface area contributed by atoms with Gasteiger partial charge in [-0.15, -0.1) is 0 Å². The van der Waals surface area contributed by atoms with Gasteiger partial charge in [-0.1, -0.05) is 0 Å². The summed E-state index contributed by atoms with van der Waals surface area (Å²) in [6.45, 7) is 0.831. The van der Waals surface area contributed by atoms with Crippen LogP contribution in [0.2, 0.25) is 0 Å². The van der Waals surface area contributed by atoms with Crippen molar-refractivity contribution in [3.63, 3.8) is 0 Å². The van der Waals surface area contributed by atoms with E-state index >= 15 is 0 Å². The molecule has 1 heterocycles. The van der Waals surface area contributed by atoms with Crippen LogP contribution in [0.4, 0.5) is 9.59 Å². The zero-order chi connectivity index (χ0) is 7.98. The summed E-state index contributed by atoms with van der Waals surface area (Å²) in [5.41, 5.74) is 4.03. The first kappa shape index (κ1) is 8.54. The van der Waals surface area contributed by atoms with Crippen molar-refractivity contribution in [2.45, 2.75) is 0 Å². The van der Waals surface area contributed by atoms with E-state index in [1.54, 1.807) is 0 Å². The predicted molar refractivity (Wildman–Crippen MR) is 29.5 cm³/mol. The van der Waals surface area contributed by atoms with Gasteiger partial charge >= 0.3 is 12.2 Å². The predicted octanol–water partition coefficient (Wildman–Crippen LogP) is -0.224. The fraction of sp³-hybridized carbons (Fsp3) is 0.500. The van der Waals surface area contributed by atoms with Gasteiger partial charge in [0.1, 0.15) is 13.2 Å². The molecule has 1 fully saturated rings. The molecule has 58 valence electrons. The second kappa shape index (κ2) is 4.42. The third-order valence-electron chi connectivity index (χ3n) is 0.523. The minimum Gasteiger partial charge on any atom is -0.465 e. The van der Waals surface area contributed by atoms with E-state index in [2.05, 4.69) is 15.2 Å². The Labute approximate surface area is 56.5 Å². The molecule has 0 saturated carbocycles. The number of hydrogen-bond acceptors (Lipinski definition) is 4. The first-order valence-corrected chi connectivity index (χ1v) is 2.41. The Bertz CT molecular complexity index is 122. The van der Waals surface area contributed by atoms with Gasteiger partial charge in [-0.25, -0.2) is 9.59 Å². The molecule has 1 saturated heterocycles. The first-order valence-electron chi connectivity index (χ1n) is 2.41. The molecule has 0 aromatic carbocycles. The van der Waals surface area contributed by atoms with Gasteiger partial charge < -0.3 is 20.3 Å². The lowest BCUT2D eigenvalue weighted by atomic mass is 10.8. The standard InChI is InChI=1S/C3H4O3.CH3NO2/c4-3-5-1-2-6-3;2-1(3)4/h1-2H2;2H2,(H,3,4). The number of carbonyl (C=O) groups is 2. The summed E-state index contributed by atoms with van der Waals surface area (Å²) in [7, 11) is 0. The molecular weight excluding hydrogens is 142 g/mol. The van der Waals surface area contributed by atoms with Crippen LogP contribution < -0.4 is 5.73 Å². The molecule has 0 aromatic heterocycles. The molecule has 6 heteroatoms. The zero-order valence-corrected chi connectivity index (χ0v) is 5.07. The molecule has 0 spiro atoms. The maximum atomic E-state index is 9.80. The Kier molecular flexibility index (Phi) is 3.78. The Hall–Kier alpha value is -1.46. The number of amides is 1. The minimum atomic E-state index is -1.33. The van der Waals surface area contributed by atoms with E-state index < -0.39 is 12.2 Å². The van der Waals surface area contributed by atoms with Crippen LogP contribution in [0, 0.1) is 0 Å². The van der Waals surface area contributed by atoms with Crippen molar-refractivity contribution in [3.05, 3.63) is 0 Å². The summed E-state index contributed by atoms with van der Waals surface area (Å²) in [6.07, 6.45) is -1.88. The van der Waals surface area contributed by atoms with Gasteiger partial charge in [0, 0.05) is 0 Å². The number of carboxylic acid groups (broad SMARTS) is 1. The van der Waals surface area contributed by atoms with E-state index in [-0.39, 0.29) is 0 Å². The van der Waals surface area contributed by atoms with E-state index in [9.17, 15) is 4.79 Å². The molecule has 1 aliphatic heterocycles. The average Bonchev–Trinajstić information content (AvgIpc) is 2.15. The van der Waals surface area contributed by atoms with Gasteiger partial charge in [-0.2, -0.15) is 0 Å². The number of cyclic esters (lactones) is 2. The molecule has 10 heavy (non-hydrogen) atoms. The second-order valence-corrected chi connectivity index (χ2v) is 1.29. The van der Waals surface area contributed by atoms with Crippen LogP contribution in [-0.2, 0) is 9.47 Å². The minimum absolute atomic E-state index is 0.416. The number of ether oxygens (including phenoxy) is 2. The van der Waals surface area contributed by atoms with Gasteiger partial charge in [0.15, 0.2) is 0 Å². The molecule has 0 atom stereocenters. The molecule has 0 aromatic rings. The van der Waals surface area contributed by atoms with Crippen LogP contribution >= 0.6 is 0 Å². The third-order valence-corrected chi connectivity index (χ3v) is 0.523. The lowest BCUT2D eigenvalue weighted by Gasteiger charge is -1.78. The molecule has 0 radical (unpaired) electrons. The van der Waals surface area contributed by atoms with Crippen LogP contribution in [-0.4, -0.2) is 30.6 Å². The van der Waals surface area contributed by atoms with Crippen molar-refractivity contribution in [3.8, 4) is 0 Å². The van der Waals surface area contributed by atoms with Crippen LogP contribution in [0.15, 0.2) is 0 Å². The fourth-order valence-electron chi connectivity index (χ4n) is 0.292. The van der Waals surface area contributed by atoms with Gasteiger partial charge in [0.05, 0.1) is 0 Å². The molecule has 0 unspecified atom stereocenters. The van der Waals surface area contributed by atoms with E-state index in [0.717, 1.165) is 0 Å². The number of hydrogen-bond donors (Lipinski definition) is 2. The molecule has 3 N–H and O–H groups in total. The van der Waals surface area contributed by atoms with Crippen LogP contribution in [0.3, 0.4) is 0 Å². The first-order chi connectivity index (χ1) is 4.63. The maximum absolute atomic E-state index is 9.80. The SMILES string of the molecule is NC(=O)O.O=C1OCCO1. The highest BCUT2D eigenvalue weighted by Crippen LogP contribution is 1.92. The van der Waals surface area contributed by atoms with Crippen molar-refractivity contribution < 1.29 is 24.2 Å². The van der Waals surface area contributed by atoms with E-state index in [1.165, 1.54) is 0 Å². The van der Waals surface area contributed by atoms with Crippen LogP contribution in [0.25, 0.3) is 0 Å². The summed E-state index contributed by atoms with van der Waals surface area (Å²) in [4.78, 5) is 18.6. The summed E-state index contributed by atoms with van der Waals surface area (Å²) >= 11 is 0. The smallest absolute Gasteiger partial charge is 0.465 e. The summed E-state index contributed by atoms with van der Waals surface area (Å²) < 4.78 is 8.58. The van der Waals surface area contributed by atoms with Crippen molar-refractivity contribution in [2.75, 3.05) is 13.2 Å². The van der Waals surface area contributed by atoms with Crippen LogP contribution in [0.1, 0.15) is 0 Å². The number of nitrogens with two attached hydrogens (primary N) is 1. The summed E-state index contributed by atoms with van der Waals surface area (Å²) in [6, 6.07) is 0. The highest BCUT2D eigenvalue weighted by Gasteiger charge is 2.09. The van der Waals surface area contributed by atoms with Gasteiger partial charge in [0.2, 0.25) is 0 Å². The Morgan fingerprint density at radius 3 is 1.90 bits per heavy atom. The molecular formula is C4H7NO5. The van der Waals surface area contributed by atoms with Crippen molar-refractivity contribution in [1.29, 1.82) is 0 Å². The quantitative estimate of drug-likeness (QED) is 0.463. The van der Waals surface area contributed by atoms with E-state index in [1.807, 2.05) is 0 Å². The zero-order valence-electron chi connectivity index (χ0n) is 5.07. The maximum Gasteiger partial charge on any atom is 0.508 e. The van der Waals surface area contributed by atoms with Crippen molar-refractivity contribution >= 4 is 12.2 Å². The number of carbonyl (C=O) groups excluding carboxylic acids is 1.